The largest absolute Gasteiger partial charge is 0.504 e. The van der Waals surface area contributed by atoms with Gasteiger partial charge in [0.2, 0.25) is 0 Å². The average Bonchev–Trinajstić information content (AvgIpc) is 2.68. The number of rotatable bonds is 7. The molecule has 26 heavy (non-hydrogen) atoms. The minimum Gasteiger partial charge on any atom is -0.504 e. The van der Waals surface area contributed by atoms with Crippen molar-refractivity contribution in [3.8, 4) is 17.2 Å². The number of hydrogen-bond acceptors (Lipinski definition) is 5. The molecular weight excluding hydrogens is 328 g/mol. The van der Waals surface area contributed by atoms with Gasteiger partial charge in [-0.15, -0.1) is 0 Å². The highest BCUT2D eigenvalue weighted by atomic mass is 16.5. The first-order valence-electron chi connectivity index (χ1n) is 9.26. The number of benzene rings is 2. The lowest BCUT2D eigenvalue weighted by Gasteiger charge is -2.36. The Balaban J connectivity index is 1.53. The highest BCUT2D eigenvalue weighted by Gasteiger charge is 2.19. The first-order chi connectivity index (χ1) is 12.7. The number of phenols is 1. The van der Waals surface area contributed by atoms with Crippen LogP contribution in [0.3, 0.4) is 0 Å². The van der Waals surface area contributed by atoms with Gasteiger partial charge >= 0.3 is 0 Å². The number of piperazine rings is 1. The fourth-order valence-electron chi connectivity index (χ4n) is 3.37. The zero-order valence-electron chi connectivity index (χ0n) is 15.6. The Bertz CT molecular complexity index is 712. The van der Waals surface area contributed by atoms with E-state index in [4.69, 9.17) is 9.47 Å². The maximum Gasteiger partial charge on any atom is 0.160 e. The van der Waals surface area contributed by atoms with Crippen molar-refractivity contribution >= 4 is 5.69 Å². The first kappa shape index (κ1) is 18.4. The van der Waals surface area contributed by atoms with Gasteiger partial charge < -0.3 is 19.5 Å². The van der Waals surface area contributed by atoms with Gasteiger partial charge in [-0.25, -0.2) is 0 Å². The summed E-state index contributed by atoms with van der Waals surface area (Å²) in [5.41, 5.74) is 2.38. The van der Waals surface area contributed by atoms with E-state index in [1.807, 2.05) is 31.2 Å². The van der Waals surface area contributed by atoms with E-state index in [9.17, 15) is 5.11 Å². The summed E-state index contributed by atoms with van der Waals surface area (Å²) in [6, 6.07) is 13.9. The number of nitrogens with zero attached hydrogens (tertiary/aromatic N) is 2. The third-order valence-corrected chi connectivity index (χ3v) is 4.84. The van der Waals surface area contributed by atoms with Crippen molar-refractivity contribution in [2.75, 3.05) is 51.3 Å². The Labute approximate surface area is 155 Å². The van der Waals surface area contributed by atoms with Crippen LogP contribution in [0.15, 0.2) is 42.5 Å². The van der Waals surface area contributed by atoms with E-state index >= 15 is 0 Å². The van der Waals surface area contributed by atoms with Crippen LogP contribution in [0, 0.1) is 0 Å². The van der Waals surface area contributed by atoms with Gasteiger partial charge in [0.25, 0.3) is 0 Å². The normalized spacial score (nSPS) is 15.1. The molecule has 1 N–H and O–H groups in total. The zero-order chi connectivity index (χ0) is 18.4. The van der Waals surface area contributed by atoms with Gasteiger partial charge in [-0.3, -0.25) is 4.90 Å². The summed E-state index contributed by atoms with van der Waals surface area (Å²) >= 11 is 0. The summed E-state index contributed by atoms with van der Waals surface area (Å²) in [6.45, 7) is 7.80. The molecule has 1 aliphatic heterocycles. The average molecular weight is 356 g/mol. The maximum atomic E-state index is 9.70. The van der Waals surface area contributed by atoms with Crippen molar-refractivity contribution in [1.82, 2.24) is 4.90 Å². The molecule has 2 aromatic rings. The first-order valence-corrected chi connectivity index (χ1v) is 9.26. The van der Waals surface area contributed by atoms with Crippen LogP contribution in [0.2, 0.25) is 0 Å². The van der Waals surface area contributed by atoms with Crippen molar-refractivity contribution in [3.63, 3.8) is 0 Å². The second-order valence-corrected chi connectivity index (χ2v) is 6.49. The van der Waals surface area contributed by atoms with E-state index in [0.29, 0.717) is 12.4 Å². The molecule has 0 aliphatic carbocycles. The third-order valence-electron chi connectivity index (χ3n) is 4.84. The molecule has 0 aromatic heterocycles. The summed E-state index contributed by atoms with van der Waals surface area (Å²) < 4.78 is 11.0. The summed E-state index contributed by atoms with van der Waals surface area (Å²) in [7, 11) is 1.58. The molecule has 0 unspecified atom stereocenters. The van der Waals surface area contributed by atoms with Crippen molar-refractivity contribution in [2.45, 2.75) is 13.3 Å². The highest BCUT2D eigenvalue weighted by molar-refractivity contribution is 5.58. The van der Waals surface area contributed by atoms with Crippen LogP contribution in [0.25, 0.3) is 0 Å². The molecule has 1 heterocycles. The topological polar surface area (TPSA) is 45.2 Å². The van der Waals surface area contributed by atoms with Crippen LogP contribution in [0.1, 0.15) is 12.5 Å². The van der Waals surface area contributed by atoms with Crippen LogP contribution < -0.4 is 14.4 Å². The van der Waals surface area contributed by atoms with Crippen molar-refractivity contribution in [2.24, 2.45) is 0 Å². The number of methoxy groups -OCH3 is 1. The van der Waals surface area contributed by atoms with E-state index in [1.54, 1.807) is 13.2 Å². The van der Waals surface area contributed by atoms with Crippen LogP contribution in [0.4, 0.5) is 5.69 Å². The molecule has 5 heteroatoms. The molecule has 2 aromatic carbocycles. The summed E-state index contributed by atoms with van der Waals surface area (Å²) in [6.07, 6.45) is 0.951. The van der Waals surface area contributed by atoms with Gasteiger partial charge in [-0.05, 0) is 43.2 Å². The van der Waals surface area contributed by atoms with E-state index in [-0.39, 0.29) is 5.75 Å². The van der Waals surface area contributed by atoms with Crippen molar-refractivity contribution in [1.29, 1.82) is 0 Å². The monoisotopic (exact) mass is 356 g/mol. The zero-order valence-corrected chi connectivity index (χ0v) is 15.6. The van der Waals surface area contributed by atoms with Crippen LogP contribution in [-0.2, 0) is 6.42 Å². The minimum absolute atomic E-state index is 0.192. The Morgan fingerprint density at radius 2 is 1.77 bits per heavy atom. The lowest BCUT2D eigenvalue weighted by Crippen LogP contribution is -2.47. The molecule has 1 aliphatic rings. The summed E-state index contributed by atoms with van der Waals surface area (Å²) in [4.78, 5) is 4.89. The van der Waals surface area contributed by atoms with Crippen molar-refractivity contribution < 1.29 is 14.6 Å². The molecule has 1 saturated heterocycles. The highest BCUT2D eigenvalue weighted by Crippen LogP contribution is 2.29. The van der Waals surface area contributed by atoms with Gasteiger partial charge in [0.15, 0.2) is 11.5 Å². The fraction of sp³-hybridized carbons (Fsp3) is 0.429. The van der Waals surface area contributed by atoms with E-state index in [0.717, 1.165) is 44.9 Å². The summed E-state index contributed by atoms with van der Waals surface area (Å²) in [5.74, 6) is 1.71. The second-order valence-electron chi connectivity index (χ2n) is 6.49. The third kappa shape index (κ3) is 4.41. The molecule has 140 valence electrons. The Kier molecular flexibility index (Phi) is 6.23. The lowest BCUT2D eigenvalue weighted by atomic mass is 10.1. The molecule has 3 rings (SSSR count). The molecule has 0 amide bonds. The fourth-order valence-corrected chi connectivity index (χ4v) is 3.37. The Hall–Kier alpha value is -2.40. The second kappa shape index (κ2) is 8.81. The van der Waals surface area contributed by atoms with Gasteiger partial charge in [-0.2, -0.15) is 0 Å². The minimum atomic E-state index is 0.192. The van der Waals surface area contributed by atoms with Gasteiger partial charge in [0, 0.05) is 32.7 Å². The van der Waals surface area contributed by atoms with E-state index in [1.165, 1.54) is 11.3 Å². The molecule has 0 atom stereocenters. The number of anilines is 1. The number of aromatic hydroxyl groups is 1. The molecule has 0 spiro atoms. The predicted molar refractivity (Wildman–Crippen MR) is 105 cm³/mol. The standard InChI is InChI=1S/C21H28N2O3/c1-3-26-20-7-5-4-6-18(20)23-14-12-22(13-15-23)11-10-17-8-9-19(24)21(16-17)25-2/h4-9,16,24H,3,10-15H2,1-2H3. The Morgan fingerprint density at radius 1 is 1.00 bits per heavy atom. The maximum absolute atomic E-state index is 9.70. The van der Waals surface area contributed by atoms with Gasteiger partial charge in [-0.1, -0.05) is 18.2 Å². The summed E-state index contributed by atoms with van der Waals surface area (Å²) in [5, 5.41) is 9.70. The van der Waals surface area contributed by atoms with Crippen LogP contribution in [0.5, 0.6) is 17.2 Å². The number of phenolic OH excluding ortho intramolecular Hbond substituents is 1. The smallest absolute Gasteiger partial charge is 0.160 e. The number of para-hydroxylation sites is 2. The molecular formula is C21H28N2O3. The predicted octanol–water partition coefficient (Wildman–Crippen LogP) is 3.16. The number of hydrogen-bond donors (Lipinski definition) is 1. The van der Waals surface area contributed by atoms with E-state index in [2.05, 4.69) is 21.9 Å². The molecule has 0 saturated carbocycles. The van der Waals surface area contributed by atoms with Crippen molar-refractivity contribution in [3.05, 3.63) is 48.0 Å². The molecule has 1 fully saturated rings. The van der Waals surface area contributed by atoms with Gasteiger partial charge in [0.1, 0.15) is 5.75 Å². The number of ether oxygens (including phenoxy) is 2. The van der Waals surface area contributed by atoms with Crippen LogP contribution in [-0.4, -0.2) is 56.4 Å². The Morgan fingerprint density at radius 3 is 2.50 bits per heavy atom. The van der Waals surface area contributed by atoms with Crippen LogP contribution >= 0.6 is 0 Å². The molecule has 0 bridgehead atoms. The van der Waals surface area contributed by atoms with E-state index < -0.39 is 0 Å². The SMILES string of the molecule is CCOc1ccccc1N1CCN(CCc2ccc(O)c(OC)c2)CC1. The quantitative estimate of drug-likeness (QED) is 0.826. The lowest BCUT2D eigenvalue weighted by molar-refractivity contribution is 0.259. The van der Waals surface area contributed by atoms with Gasteiger partial charge in [0.05, 0.1) is 19.4 Å². The molecule has 0 radical (unpaired) electrons. The molecule has 5 nitrogen and oxygen atoms in total.